The van der Waals surface area contributed by atoms with Crippen LogP contribution in [-0.2, 0) is 32.7 Å². The second-order valence-corrected chi connectivity index (χ2v) is 16.2. The summed E-state index contributed by atoms with van der Waals surface area (Å²) in [6.45, 7) is 3.57. The van der Waals surface area contributed by atoms with Crippen LogP contribution in [0.3, 0.4) is 0 Å². The fourth-order valence-corrected chi connectivity index (χ4v) is 6.73. The number of hydrogen-bond acceptors (Lipinski definition) is 9. The van der Waals surface area contributed by atoms with E-state index in [0.717, 1.165) is 77.0 Å². The number of carbonyl (C=O) groups is 2. The fourth-order valence-electron chi connectivity index (χ4n) is 5.96. The number of nitrogens with two attached hydrogens (primary N) is 1. The zero-order chi connectivity index (χ0) is 41.2. The summed E-state index contributed by atoms with van der Waals surface area (Å²) in [6.07, 6.45) is 43.2. The number of ether oxygens (including phenoxy) is 2. The SMILES string of the molecule is CCCCCCCCCCCCCCCCCC(=O)OCC(COP(=O)(O)OCCN)OC(=O)CCCCCC=CCC=CCC=CC=CC(O)CCCCC. The van der Waals surface area contributed by atoms with Crippen LogP contribution in [0, 0.1) is 0 Å². The number of esters is 2. The van der Waals surface area contributed by atoms with Crippen LogP contribution in [-0.4, -0.2) is 60.5 Å². The quantitative estimate of drug-likeness (QED) is 0.0179. The lowest BCUT2D eigenvalue weighted by Crippen LogP contribution is -2.29. The van der Waals surface area contributed by atoms with E-state index < -0.39 is 32.5 Å². The first-order chi connectivity index (χ1) is 27.2. The van der Waals surface area contributed by atoms with Crippen LogP contribution in [0.5, 0.6) is 0 Å². The summed E-state index contributed by atoms with van der Waals surface area (Å²) in [5, 5.41) is 9.89. The van der Waals surface area contributed by atoms with Gasteiger partial charge in [-0.05, 0) is 44.9 Å². The molecule has 0 radical (unpaired) electrons. The first kappa shape index (κ1) is 53.9. The van der Waals surface area contributed by atoms with Crippen molar-refractivity contribution in [3.63, 3.8) is 0 Å². The third-order valence-corrected chi connectivity index (χ3v) is 10.3. The molecular weight excluding hydrogens is 729 g/mol. The summed E-state index contributed by atoms with van der Waals surface area (Å²) in [4.78, 5) is 34.9. The molecule has 0 aromatic heterocycles. The van der Waals surface area contributed by atoms with Crippen LogP contribution in [0.4, 0.5) is 0 Å². The number of rotatable bonds is 41. The van der Waals surface area contributed by atoms with E-state index in [2.05, 4.69) is 44.2 Å². The zero-order valence-electron chi connectivity index (χ0n) is 35.5. The van der Waals surface area contributed by atoms with Crippen molar-refractivity contribution in [2.45, 2.75) is 199 Å². The molecule has 0 aromatic rings. The van der Waals surface area contributed by atoms with E-state index in [9.17, 15) is 24.2 Å². The number of aliphatic hydroxyl groups excluding tert-OH is 1. The third kappa shape index (κ3) is 40.1. The Labute approximate surface area is 341 Å². The van der Waals surface area contributed by atoms with E-state index in [1.165, 1.54) is 77.0 Å². The first-order valence-corrected chi connectivity index (χ1v) is 23.7. The van der Waals surface area contributed by atoms with Gasteiger partial charge in [0.1, 0.15) is 6.61 Å². The maximum atomic E-state index is 12.6. The molecule has 3 atom stereocenters. The molecule has 0 bridgehead atoms. The van der Waals surface area contributed by atoms with Crippen LogP contribution >= 0.6 is 7.82 Å². The van der Waals surface area contributed by atoms with Gasteiger partial charge in [-0.1, -0.05) is 178 Å². The average Bonchev–Trinajstić information content (AvgIpc) is 3.18. The van der Waals surface area contributed by atoms with Crippen molar-refractivity contribution in [1.82, 2.24) is 0 Å². The van der Waals surface area contributed by atoms with Crippen molar-refractivity contribution >= 4 is 19.8 Å². The molecule has 10 nitrogen and oxygen atoms in total. The summed E-state index contributed by atoms with van der Waals surface area (Å²) >= 11 is 0. The highest BCUT2D eigenvalue weighted by Crippen LogP contribution is 2.43. The van der Waals surface area contributed by atoms with Gasteiger partial charge in [0, 0.05) is 19.4 Å². The van der Waals surface area contributed by atoms with Crippen molar-refractivity contribution in [1.29, 1.82) is 0 Å². The second kappa shape index (κ2) is 41.1. The van der Waals surface area contributed by atoms with E-state index >= 15 is 0 Å². The number of carbonyl (C=O) groups excluding carboxylic acids is 2. The average molecular weight is 812 g/mol. The van der Waals surface area contributed by atoms with Crippen molar-refractivity contribution in [3.05, 3.63) is 48.6 Å². The van der Waals surface area contributed by atoms with E-state index in [0.29, 0.717) is 6.42 Å². The van der Waals surface area contributed by atoms with E-state index in [4.69, 9.17) is 24.3 Å². The second-order valence-electron chi connectivity index (χ2n) is 14.8. The molecule has 0 saturated heterocycles. The standard InChI is InChI=1S/C45H82NO9P/c1-3-5-7-8-9-10-11-12-13-16-19-22-25-28-32-36-44(48)52-40-43(41-54-56(50,51)53-39-38-46)55-45(49)37-33-29-26-23-20-17-14-15-18-21-24-27-31-35-42(47)34-30-6-4-2/h15,17-18,20,24,27,31,35,42-43,47H,3-14,16,19,21-23,25-26,28-30,32-34,36-41,46H2,1-2H3,(H,50,51). The van der Waals surface area contributed by atoms with Crippen molar-refractivity contribution in [3.8, 4) is 0 Å². The zero-order valence-corrected chi connectivity index (χ0v) is 36.4. The molecule has 0 amide bonds. The molecule has 0 heterocycles. The Hall–Kier alpha value is -2.07. The highest BCUT2D eigenvalue weighted by atomic mass is 31.2. The Morgan fingerprint density at radius 1 is 0.625 bits per heavy atom. The summed E-state index contributed by atoms with van der Waals surface area (Å²) in [7, 11) is -4.39. The van der Waals surface area contributed by atoms with Gasteiger partial charge in [-0.25, -0.2) is 4.57 Å². The van der Waals surface area contributed by atoms with Gasteiger partial charge in [0.2, 0.25) is 0 Å². The van der Waals surface area contributed by atoms with Gasteiger partial charge in [0.15, 0.2) is 6.10 Å². The van der Waals surface area contributed by atoms with Gasteiger partial charge in [-0.2, -0.15) is 0 Å². The van der Waals surface area contributed by atoms with Crippen molar-refractivity contribution in [2.24, 2.45) is 5.73 Å². The maximum absolute atomic E-state index is 12.6. The number of allylic oxidation sites excluding steroid dienone is 7. The molecule has 0 saturated carbocycles. The van der Waals surface area contributed by atoms with Gasteiger partial charge in [-0.3, -0.25) is 18.6 Å². The highest BCUT2D eigenvalue weighted by molar-refractivity contribution is 7.47. The molecule has 11 heteroatoms. The molecule has 4 N–H and O–H groups in total. The lowest BCUT2D eigenvalue weighted by Gasteiger charge is -2.19. The first-order valence-electron chi connectivity index (χ1n) is 22.2. The predicted octanol–water partition coefficient (Wildman–Crippen LogP) is 11.7. The van der Waals surface area contributed by atoms with Crippen LogP contribution in [0.25, 0.3) is 0 Å². The normalized spacial score (nSPS) is 14.3. The molecule has 3 unspecified atom stereocenters. The van der Waals surface area contributed by atoms with Gasteiger partial charge in [0.25, 0.3) is 0 Å². The fraction of sp³-hybridized carbons (Fsp3) is 0.778. The minimum atomic E-state index is -4.39. The number of phosphoric acid groups is 1. The minimum absolute atomic E-state index is 0.0407. The number of hydrogen-bond donors (Lipinski definition) is 3. The van der Waals surface area contributed by atoms with Gasteiger partial charge in [0.05, 0.1) is 19.3 Å². The van der Waals surface area contributed by atoms with E-state index in [1.807, 2.05) is 18.2 Å². The summed E-state index contributed by atoms with van der Waals surface area (Å²) < 4.78 is 32.7. The third-order valence-electron chi connectivity index (χ3n) is 9.32. The molecule has 56 heavy (non-hydrogen) atoms. The molecule has 0 aliphatic rings. The molecule has 0 aliphatic heterocycles. The van der Waals surface area contributed by atoms with Gasteiger partial charge < -0.3 is 25.2 Å². The van der Waals surface area contributed by atoms with Crippen LogP contribution in [0.15, 0.2) is 48.6 Å². The number of aliphatic hydroxyl groups is 1. The van der Waals surface area contributed by atoms with E-state index in [-0.39, 0.29) is 38.7 Å². The Morgan fingerprint density at radius 2 is 1.14 bits per heavy atom. The number of unbranched alkanes of at least 4 members (excludes halogenated alkanes) is 19. The van der Waals surface area contributed by atoms with E-state index in [1.54, 1.807) is 0 Å². The lowest BCUT2D eigenvalue weighted by atomic mass is 10.0. The van der Waals surface area contributed by atoms with Crippen LogP contribution in [0.1, 0.15) is 187 Å². The molecule has 0 aromatic carbocycles. The maximum Gasteiger partial charge on any atom is 0.472 e. The summed E-state index contributed by atoms with van der Waals surface area (Å²) in [5.74, 6) is -0.883. The largest absolute Gasteiger partial charge is 0.472 e. The Morgan fingerprint density at radius 3 is 1.75 bits per heavy atom. The molecule has 0 rings (SSSR count). The Bertz CT molecular complexity index is 1080. The Balaban J connectivity index is 4.25. The molecule has 0 fully saturated rings. The van der Waals surface area contributed by atoms with Crippen molar-refractivity contribution in [2.75, 3.05) is 26.4 Å². The minimum Gasteiger partial charge on any atom is -0.462 e. The van der Waals surface area contributed by atoms with Gasteiger partial charge >= 0.3 is 19.8 Å². The molecule has 0 aliphatic carbocycles. The predicted molar refractivity (Wildman–Crippen MR) is 230 cm³/mol. The van der Waals surface area contributed by atoms with Crippen molar-refractivity contribution < 1.29 is 42.7 Å². The lowest BCUT2D eigenvalue weighted by molar-refractivity contribution is -0.161. The summed E-state index contributed by atoms with van der Waals surface area (Å²) in [6, 6.07) is 0. The highest BCUT2D eigenvalue weighted by Gasteiger charge is 2.26. The topological polar surface area (TPSA) is 155 Å². The van der Waals surface area contributed by atoms with Crippen LogP contribution < -0.4 is 5.73 Å². The Kier molecular flexibility index (Phi) is 39.6. The number of phosphoric ester groups is 1. The summed E-state index contributed by atoms with van der Waals surface area (Å²) in [5.41, 5.74) is 5.34. The monoisotopic (exact) mass is 812 g/mol. The smallest absolute Gasteiger partial charge is 0.462 e. The van der Waals surface area contributed by atoms with Crippen LogP contribution in [0.2, 0.25) is 0 Å². The molecular formula is C45H82NO9P. The van der Waals surface area contributed by atoms with Gasteiger partial charge in [-0.15, -0.1) is 0 Å². The molecule has 0 spiro atoms. The molecule has 326 valence electrons.